The molecule has 2 rings (SSSR count). The first-order chi connectivity index (χ1) is 11.3. The van der Waals surface area contributed by atoms with E-state index in [1.165, 1.54) is 0 Å². The van der Waals surface area contributed by atoms with Crippen LogP contribution < -0.4 is 15.8 Å². The standard InChI is InChI=1S/C19H23BrN2O2/c1-13-4-5-14(12-17(13)24-3)10-11-22-18(23)19(2,21)15-6-8-16(20)9-7-15/h4-9,12H,10-11,21H2,1-3H3,(H,22,23). The first-order valence-corrected chi connectivity index (χ1v) is 8.60. The van der Waals surface area contributed by atoms with E-state index >= 15 is 0 Å². The predicted octanol–water partition coefficient (Wildman–Crippen LogP) is 3.30. The van der Waals surface area contributed by atoms with Crippen molar-refractivity contribution in [1.29, 1.82) is 0 Å². The number of carbonyl (C=O) groups excluding carboxylic acids is 1. The lowest BCUT2D eigenvalue weighted by Crippen LogP contribution is -2.49. The van der Waals surface area contributed by atoms with Gasteiger partial charge in [-0.1, -0.05) is 40.2 Å². The molecule has 2 aromatic carbocycles. The second-order valence-corrected chi connectivity index (χ2v) is 6.93. The van der Waals surface area contributed by atoms with E-state index in [4.69, 9.17) is 10.5 Å². The number of amides is 1. The minimum absolute atomic E-state index is 0.191. The molecule has 0 heterocycles. The fourth-order valence-electron chi connectivity index (χ4n) is 2.45. The maximum atomic E-state index is 12.4. The Balaban J connectivity index is 1.96. The normalized spacial score (nSPS) is 13.2. The van der Waals surface area contributed by atoms with Crippen molar-refractivity contribution in [2.45, 2.75) is 25.8 Å². The molecular weight excluding hydrogens is 368 g/mol. The van der Waals surface area contributed by atoms with Crippen LogP contribution in [0.15, 0.2) is 46.9 Å². The summed E-state index contributed by atoms with van der Waals surface area (Å²) in [5, 5.41) is 2.92. The quantitative estimate of drug-likeness (QED) is 0.794. The van der Waals surface area contributed by atoms with Gasteiger partial charge < -0.3 is 15.8 Å². The van der Waals surface area contributed by atoms with Gasteiger partial charge in [-0.2, -0.15) is 0 Å². The molecule has 24 heavy (non-hydrogen) atoms. The molecule has 0 aliphatic heterocycles. The molecule has 128 valence electrons. The van der Waals surface area contributed by atoms with Crippen LogP contribution in [0.3, 0.4) is 0 Å². The van der Waals surface area contributed by atoms with Gasteiger partial charge >= 0.3 is 0 Å². The molecule has 1 unspecified atom stereocenters. The van der Waals surface area contributed by atoms with Gasteiger partial charge in [0.25, 0.3) is 0 Å². The van der Waals surface area contributed by atoms with Crippen LogP contribution in [0.1, 0.15) is 23.6 Å². The smallest absolute Gasteiger partial charge is 0.244 e. The van der Waals surface area contributed by atoms with Gasteiger partial charge in [0.15, 0.2) is 0 Å². The summed E-state index contributed by atoms with van der Waals surface area (Å²) in [5.74, 6) is 0.668. The zero-order valence-electron chi connectivity index (χ0n) is 14.2. The molecule has 4 nitrogen and oxygen atoms in total. The largest absolute Gasteiger partial charge is 0.496 e. The molecule has 0 saturated carbocycles. The Bertz CT molecular complexity index is 712. The van der Waals surface area contributed by atoms with Gasteiger partial charge in [-0.15, -0.1) is 0 Å². The monoisotopic (exact) mass is 390 g/mol. The molecule has 0 aliphatic carbocycles. The number of rotatable bonds is 6. The molecule has 0 fully saturated rings. The number of nitrogens with two attached hydrogens (primary N) is 1. The SMILES string of the molecule is COc1cc(CCNC(=O)C(C)(N)c2ccc(Br)cc2)ccc1C. The molecule has 3 N–H and O–H groups in total. The zero-order valence-corrected chi connectivity index (χ0v) is 15.8. The highest BCUT2D eigenvalue weighted by Gasteiger charge is 2.30. The Morgan fingerprint density at radius 3 is 2.54 bits per heavy atom. The third-order valence-corrected chi connectivity index (χ3v) is 4.62. The predicted molar refractivity (Wildman–Crippen MR) is 100 cm³/mol. The molecular formula is C19H23BrN2O2. The average Bonchev–Trinajstić information content (AvgIpc) is 2.56. The molecule has 1 amide bonds. The third kappa shape index (κ3) is 4.36. The first-order valence-electron chi connectivity index (χ1n) is 7.81. The fraction of sp³-hybridized carbons (Fsp3) is 0.316. The highest BCUT2D eigenvalue weighted by atomic mass is 79.9. The van der Waals surface area contributed by atoms with E-state index in [2.05, 4.69) is 21.2 Å². The van der Waals surface area contributed by atoms with Crippen LogP contribution in [0.4, 0.5) is 0 Å². The summed E-state index contributed by atoms with van der Waals surface area (Å²) < 4.78 is 6.28. The number of hydrogen-bond donors (Lipinski definition) is 2. The maximum absolute atomic E-state index is 12.4. The van der Waals surface area contributed by atoms with Crippen molar-refractivity contribution >= 4 is 21.8 Å². The Morgan fingerprint density at radius 2 is 1.92 bits per heavy atom. The van der Waals surface area contributed by atoms with Crippen LogP contribution in [0.2, 0.25) is 0 Å². The molecule has 0 saturated heterocycles. The van der Waals surface area contributed by atoms with E-state index in [1.54, 1.807) is 14.0 Å². The van der Waals surface area contributed by atoms with Crippen LogP contribution in [0.25, 0.3) is 0 Å². The third-order valence-electron chi connectivity index (χ3n) is 4.09. The lowest BCUT2D eigenvalue weighted by molar-refractivity contribution is -0.126. The number of halogens is 1. The lowest BCUT2D eigenvalue weighted by Gasteiger charge is -2.24. The summed E-state index contributed by atoms with van der Waals surface area (Å²) in [4.78, 5) is 12.4. The minimum atomic E-state index is -1.06. The van der Waals surface area contributed by atoms with E-state index < -0.39 is 5.54 Å². The van der Waals surface area contributed by atoms with Gasteiger partial charge in [0.2, 0.25) is 5.91 Å². The second kappa shape index (κ2) is 7.81. The van der Waals surface area contributed by atoms with Gasteiger partial charge in [0, 0.05) is 11.0 Å². The molecule has 2 aromatic rings. The highest BCUT2D eigenvalue weighted by Crippen LogP contribution is 2.21. The van der Waals surface area contributed by atoms with E-state index in [-0.39, 0.29) is 5.91 Å². The number of nitrogens with one attached hydrogen (secondary N) is 1. The van der Waals surface area contributed by atoms with E-state index in [9.17, 15) is 4.79 Å². The van der Waals surface area contributed by atoms with Gasteiger partial charge in [0.05, 0.1) is 7.11 Å². The van der Waals surface area contributed by atoms with Gasteiger partial charge in [-0.3, -0.25) is 4.79 Å². The van der Waals surface area contributed by atoms with Crippen molar-refractivity contribution in [3.63, 3.8) is 0 Å². The summed E-state index contributed by atoms with van der Waals surface area (Å²) in [7, 11) is 1.66. The topological polar surface area (TPSA) is 64.3 Å². The molecule has 0 aliphatic rings. The first kappa shape index (κ1) is 18.5. The number of benzene rings is 2. The summed E-state index contributed by atoms with van der Waals surface area (Å²) in [6.07, 6.45) is 0.721. The summed E-state index contributed by atoms with van der Waals surface area (Å²) in [6.45, 7) is 4.25. The van der Waals surface area contributed by atoms with Crippen molar-refractivity contribution in [2.24, 2.45) is 5.73 Å². The van der Waals surface area contributed by atoms with E-state index in [0.29, 0.717) is 6.54 Å². The van der Waals surface area contributed by atoms with E-state index in [0.717, 1.165) is 33.3 Å². The van der Waals surface area contributed by atoms with Gasteiger partial charge in [-0.25, -0.2) is 0 Å². The van der Waals surface area contributed by atoms with Crippen molar-refractivity contribution in [3.8, 4) is 5.75 Å². The molecule has 1 atom stereocenters. The summed E-state index contributed by atoms with van der Waals surface area (Å²) >= 11 is 3.38. The minimum Gasteiger partial charge on any atom is -0.496 e. The average molecular weight is 391 g/mol. The number of methoxy groups -OCH3 is 1. The molecule has 0 radical (unpaired) electrons. The fourth-order valence-corrected chi connectivity index (χ4v) is 2.72. The molecule has 0 spiro atoms. The van der Waals surface area contributed by atoms with Gasteiger partial charge in [-0.05, 0) is 55.2 Å². The molecule has 0 aromatic heterocycles. The second-order valence-electron chi connectivity index (χ2n) is 6.02. The Hall–Kier alpha value is -1.85. The van der Waals surface area contributed by atoms with Crippen LogP contribution in [-0.2, 0) is 16.8 Å². The van der Waals surface area contributed by atoms with Crippen LogP contribution >= 0.6 is 15.9 Å². The Kier molecular flexibility index (Phi) is 6.02. The molecule has 0 bridgehead atoms. The maximum Gasteiger partial charge on any atom is 0.244 e. The zero-order chi connectivity index (χ0) is 17.7. The van der Waals surface area contributed by atoms with Crippen molar-refractivity contribution in [2.75, 3.05) is 13.7 Å². The highest BCUT2D eigenvalue weighted by molar-refractivity contribution is 9.10. The van der Waals surface area contributed by atoms with E-state index in [1.807, 2.05) is 49.4 Å². The lowest BCUT2D eigenvalue weighted by atomic mass is 9.92. The number of carbonyl (C=O) groups is 1. The Morgan fingerprint density at radius 1 is 1.25 bits per heavy atom. The van der Waals surface area contributed by atoms with Crippen LogP contribution in [-0.4, -0.2) is 19.6 Å². The summed E-state index contributed by atoms with van der Waals surface area (Å²) in [6, 6.07) is 13.5. The number of aryl methyl sites for hydroxylation is 1. The number of hydrogen-bond acceptors (Lipinski definition) is 3. The van der Waals surface area contributed by atoms with Crippen molar-refractivity contribution < 1.29 is 9.53 Å². The molecule has 5 heteroatoms. The van der Waals surface area contributed by atoms with Gasteiger partial charge in [0.1, 0.15) is 11.3 Å². The van der Waals surface area contributed by atoms with Crippen molar-refractivity contribution in [3.05, 3.63) is 63.6 Å². The number of ether oxygens (including phenoxy) is 1. The van der Waals surface area contributed by atoms with Crippen LogP contribution in [0, 0.1) is 6.92 Å². The summed E-state index contributed by atoms with van der Waals surface area (Å²) in [5.41, 5.74) is 8.15. The van der Waals surface area contributed by atoms with Crippen molar-refractivity contribution in [1.82, 2.24) is 5.32 Å². The van der Waals surface area contributed by atoms with Crippen LogP contribution in [0.5, 0.6) is 5.75 Å². The Labute approximate surface area is 151 Å².